The lowest BCUT2D eigenvalue weighted by Crippen LogP contribution is -2.66. The van der Waals surface area contributed by atoms with Gasteiger partial charge in [0.15, 0.2) is 18.9 Å². The van der Waals surface area contributed by atoms with Crippen LogP contribution in [0.1, 0.15) is 0 Å². The minimum absolute atomic E-state index is 0.715. The van der Waals surface area contributed by atoms with Crippen LogP contribution >= 0.6 is 0 Å². The van der Waals surface area contributed by atoms with E-state index in [1.165, 1.54) is 0 Å². The van der Waals surface area contributed by atoms with Gasteiger partial charge in [-0.1, -0.05) is 0 Å². The normalized spacial score (nSPS) is 52.5. The van der Waals surface area contributed by atoms with E-state index in [4.69, 9.17) is 28.8 Å². The molecule has 0 spiro atoms. The van der Waals surface area contributed by atoms with Crippen molar-refractivity contribution in [1.82, 2.24) is 0 Å². The van der Waals surface area contributed by atoms with Crippen LogP contribution in [0, 0.1) is 0 Å². The van der Waals surface area contributed by atoms with Crippen molar-refractivity contribution in [3.63, 3.8) is 0 Å². The summed E-state index contributed by atoms with van der Waals surface area (Å²) in [6, 6.07) is 0. The van der Waals surface area contributed by atoms with Crippen LogP contribution in [-0.2, 0) is 23.7 Å². The molecule has 0 bridgehead atoms. The van der Waals surface area contributed by atoms with Gasteiger partial charge in [-0.25, -0.2) is 0 Å². The molecule has 11 N–H and O–H groups in total. The van der Waals surface area contributed by atoms with Gasteiger partial charge in [-0.15, -0.1) is 0 Å². The lowest BCUT2D eigenvalue weighted by molar-refractivity contribution is -0.381. The second kappa shape index (κ2) is 11.6. The van der Waals surface area contributed by atoms with Gasteiger partial charge in [0, 0.05) is 0 Å². The number of hydrogen-bond donors (Lipinski definition) is 11. The molecule has 0 aromatic heterocycles. The summed E-state index contributed by atoms with van der Waals surface area (Å²) in [5, 5.41) is 109. The average Bonchev–Trinajstić information content (AvgIpc) is 2.83. The Bertz CT molecular complexity index is 637. The molecule has 16 heteroatoms. The minimum atomic E-state index is -1.93. The van der Waals surface area contributed by atoms with Crippen molar-refractivity contribution in [1.29, 1.82) is 0 Å². The summed E-state index contributed by atoms with van der Waals surface area (Å²) < 4.78 is 26.2. The first-order valence-corrected chi connectivity index (χ1v) is 10.6. The molecule has 200 valence electrons. The summed E-state index contributed by atoms with van der Waals surface area (Å²) in [4.78, 5) is 0. The Morgan fingerprint density at radius 2 is 0.853 bits per heavy atom. The zero-order chi connectivity index (χ0) is 25.3. The second-order valence-electron chi connectivity index (χ2n) is 8.33. The standard InChI is InChI=1S/C18H32O16/c19-1-4-8(23)10(25)15(16(29)30-4)34-18-13(28)11(26)14(6(3-21)32-18)33-17-12(27)9(24)7(22)5(2-20)31-17/h4-29H,1-3H2/t4-,5-,6-,7-,8-,9+,10+,11-,12+,13-,14-,15+,16?,17-,18+/m1/s1. The first kappa shape index (κ1) is 27.9. The maximum atomic E-state index is 10.6. The highest BCUT2D eigenvalue weighted by molar-refractivity contribution is 4.95. The van der Waals surface area contributed by atoms with E-state index in [0.29, 0.717) is 0 Å². The molecule has 3 aliphatic heterocycles. The van der Waals surface area contributed by atoms with Crippen molar-refractivity contribution >= 4 is 0 Å². The number of aliphatic hydroxyl groups is 11. The topological polar surface area (TPSA) is 269 Å². The van der Waals surface area contributed by atoms with Crippen LogP contribution in [0.25, 0.3) is 0 Å². The Hall–Kier alpha value is -0.640. The smallest absolute Gasteiger partial charge is 0.187 e. The van der Waals surface area contributed by atoms with Gasteiger partial charge < -0.3 is 79.9 Å². The molecular formula is C18H32O16. The number of rotatable bonds is 7. The quantitative estimate of drug-likeness (QED) is 0.154. The molecule has 3 aliphatic rings. The van der Waals surface area contributed by atoms with Gasteiger partial charge in [0.25, 0.3) is 0 Å². The summed E-state index contributed by atoms with van der Waals surface area (Å²) in [5.41, 5.74) is 0. The minimum Gasteiger partial charge on any atom is -0.394 e. The Labute approximate surface area is 192 Å². The average molecular weight is 504 g/mol. The highest BCUT2D eigenvalue weighted by Gasteiger charge is 2.53. The lowest BCUT2D eigenvalue weighted by atomic mass is 9.96. The molecule has 3 rings (SSSR count). The zero-order valence-corrected chi connectivity index (χ0v) is 17.7. The van der Waals surface area contributed by atoms with E-state index < -0.39 is 112 Å². The second-order valence-corrected chi connectivity index (χ2v) is 8.33. The van der Waals surface area contributed by atoms with Gasteiger partial charge in [0.2, 0.25) is 0 Å². The SMILES string of the molecule is OC[C@H]1O[C@H](O[C@H]2[C@H](O)[C@@H](O)[C@H](O[C@@H]3C(O)O[C@H](CO)[C@@H](O)[C@@H]3O)O[C@@H]2CO)[C@@H](O)[C@@H](O)[C@@H]1O. The van der Waals surface area contributed by atoms with Crippen molar-refractivity contribution in [2.45, 2.75) is 92.1 Å². The molecule has 0 aromatic carbocycles. The summed E-state index contributed by atoms with van der Waals surface area (Å²) in [5.74, 6) is 0. The van der Waals surface area contributed by atoms with Crippen LogP contribution in [0.4, 0.5) is 0 Å². The molecule has 0 amide bonds. The van der Waals surface area contributed by atoms with Crippen LogP contribution in [-0.4, -0.2) is 168 Å². The predicted octanol–water partition coefficient (Wildman–Crippen LogP) is -7.57. The van der Waals surface area contributed by atoms with Crippen LogP contribution in [0.2, 0.25) is 0 Å². The molecule has 15 atom stereocenters. The van der Waals surface area contributed by atoms with E-state index in [9.17, 15) is 51.1 Å². The van der Waals surface area contributed by atoms with Crippen LogP contribution in [0.3, 0.4) is 0 Å². The molecule has 0 saturated carbocycles. The molecule has 0 aromatic rings. The van der Waals surface area contributed by atoms with E-state index >= 15 is 0 Å². The Morgan fingerprint density at radius 3 is 1.41 bits per heavy atom. The van der Waals surface area contributed by atoms with Crippen molar-refractivity contribution in [3.8, 4) is 0 Å². The molecule has 3 saturated heterocycles. The van der Waals surface area contributed by atoms with Crippen molar-refractivity contribution in [3.05, 3.63) is 0 Å². The molecule has 3 fully saturated rings. The molecule has 0 aliphatic carbocycles. The summed E-state index contributed by atoms with van der Waals surface area (Å²) in [6.07, 6.45) is -25.2. The Balaban J connectivity index is 1.70. The van der Waals surface area contributed by atoms with Crippen LogP contribution in [0.15, 0.2) is 0 Å². The van der Waals surface area contributed by atoms with Crippen molar-refractivity contribution in [2.24, 2.45) is 0 Å². The number of ether oxygens (including phenoxy) is 5. The van der Waals surface area contributed by atoms with Gasteiger partial charge in [-0.3, -0.25) is 0 Å². The van der Waals surface area contributed by atoms with E-state index in [1.807, 2.05) is 0 Å². The van der Waals surface area contributed by atoms with Gasteiger partial charge in [0.05, 0.1) is 19.8 Å². The van der Waals surface area contributed by atoms with Gasteiger partial charge in [0.1, 0.15) is 73.2 Å². The summed E-state index contributed by atoms with van der Waals surface area (Å²) in [7, 11) is 0. The van der Waals surface area contributed by atoms with E-state index in [0.717, 1.165) is 0 Å². The largest absolute Gasteiger partial charge is 0.394 e. The maximum Gasteiger partial charge on any atom is 0.187 e. The summed E-state index contributed by atoms with van der Waals surface area (Å²) in [6.45, 7) is -2.28. The van der Waals surface area contributed by atoms with Crippen LogP contribution in [0.5, 0.6) is 0 Å². The fourth-order valence-electron chi connectivity index (χ4n) is 4.04. The number of hydrogen-bond acceptors (Lipinski definition) is 16. The van der Waals surface area contributed by atoms with Crippen molar-refractivity contribution < 1.29 is 79.9 Å². The Morgan fingerprint density at radius 1 is 0.441 bits per heavy atom. The molecule has 16 nitrogen and oxygen atoms in total. The fourth-order valence-corrected chi connectivity index (χ4v) is 4.04. The molecule has 1 unspecified atom stereocenters. The third kappa shape index (κ3) is 5.37. The predicted molar refractivity (Wildman–Crippen MR) is 101 cm³/mol. The van der Waals surface area contributed by atoms with Gasteiger partial charge in [-0.2, -0.15) is 0 Å². The lowest BCUT2D eigenvalue weighted by Gasteiger charge is -2.47. The highest BCUT2D eigenvalue weighted by atomic mass is 16.8. The fraction of sp³-hybridized carbons (Fsp3) is 1.00. The molecule has 34 heavy (non-hydrogen) atoms. The Kier molecular flexibility index (Phi) is 9.54. The van der Waals surface area contributed by atoms with Gasteiger partial charge >= 0.3 is 0 Å². The zero-order valence-electron chi connectivity index (χ0n) is 17.7. The molecular weight excluding hydrogens is 472 g/mol. The molecule has 3 heterocycles. The number of aliphatic hydroxyl groups excluding tert-OH is 11. The monoisotopic (exact) mass is 504 g/mol. The van der Waals surface area contributed by atoms with Gasteiger partial charge in [-0.05, 0) is 0 Å². The van der Waals surface area contributed by atoms with E-state index in [-0.39, 0.29) is 0 Å². The molecule has 0 radical (unpaired) electrons. The highest BCUT2D eigenvalue weighted by Crippen LogP contribution is 2.31. The van der Waals surface area contributed by atoms with E-state index in [2.05, 4.69) is 0 Å². The van der Waals surface area contributed by atoms with Crippen molar-refractivity contribution in [2.75, 3.05) is 19.8 Å². The summed E-state index contributed by atoms with van der Waals surface area (Å²) >= 11 is 0. The third-order valence-electron chi connectivity index (χ3n) is 6.09. The first-order chi connectivity index (χ1) is 16.0. The van der Waals surface area contributed by atoms with Crippen LogP contribution < -0.4 is 0 Å². The maximum absolute atomic E-state index is 10.6. The third-order valence-corrected chi connectivity index (χ3v) is 6.09. The van der Waals surface area contributed by atoms with E-state index in [1.54, 1.807) is 0 Å². The first-order valence-electron chi connectivity index (χ1n) is 10.6.